The standard InChI is InChI=1S/C9H16N4O/c1-6-10-8(13-12-6)11-7(14)5-9(2,3)4/h5H2,1-4H3,(H2,10,11,12,13,14). The normalized spacial score (nSPS) is 11.4. The van der Waals surface area contributed by atoms with E-state index < -0.39 is 0 Å². The van der Waals surface area contributed by atoms with E-state index in [1.165, 1.54) is 0 Å². The van der Waals surface area contributed by atoms with Gasteiger partial charge in [0.1, 0.15) is 5.82 Å². The average molecular weight is 196 g/mol. The molecular weight excluding hydrogens is 180 g/mol. The topological polar surface area (TPSA) is 70.7 Å². The quantitative estimate of drug-likeness (QED) is 0.752. The summed E-state index contributed by atoms with van der Waals surface area (Å²) in [5.74, 6) is 0.976. The molecule has 0 atom stereocenters. The highest BCUT2D eigenvalue weighted by Gasteiger charge is 2.16. The number of carbonyl (C=O) groups is 1. The molecule has 0 fully saturated rings. The lowest BCUT2D eigenvalue weighted by Crippen LogP contribution is -2.20. The monoisotopic (exact) mass is 196 g/mol. The van der Waals surface area contributed by atoms with Crippen LogP contribution in [0.3, 0.4) is 0 Å². The molecule has 0 saturated carbocycles. The molecule has 0 bridgehead atoms. The Hall–Kier alpha value is -1.39. The van der Waals surface area contributed by atoms with Crippen LogP contribution in [0.4, 0.5) is 5.95 Å². The summed E-state index contributed by atoms with van der Waals surface area (Å²) in [5, 5.41) is 9.11. The summed E-state index contributed by atoms with van der Waals surface area (Å²) < 4.78 is 0. The minimum Gasteiger partial charge on any atom is -0.293 e. The minimum atomic E-state index is -0.0588. The number of nitrogens with zero attached hydrogens (tertiary/aromatic N) is 2. The van der Waals surface area contributed by atoms with Crippen LogP contribution in [0.25, 0.3) is 0 Å². The molecule has 14 heavy (non-hydrogen) atoms. The molecule has 0 aliphatic rings. The van der Waals surface area contributed by atoms with Crippen LogP contribution in [0.2, 0.25) is 0 Å². The van der Waals surface area contributed by atoms with Gasteiger partial charge in [-0.05, 0) is 12.3 Å². The minimum absolute atomic E-state index is 0.0184. The zero-order valence-corrected chi connectivity index (χ0v) is 9.01. The van der Waals surface area contributed by atoms with Crippen LogP contribution < -0.4 is 5.32 Å². The molecule has 78 valence electrons. The van der Waals surface area contributed by atoms with Gasteiger partial charge < -0.3 is 0 Å². The van der Waals surface area contributed by atoms with Crippen molar-refractivity contribution >= 4 is 11.9 Å². The van der Waals surface area contributed by atoms with E-state index in [2.05, 4.69) is 20.5 Å². The number of aryl methyl sites for hydroxylation is 1. The maximum atomic E-state index is 11.4. The number of aromatic amines is 1. The van der Waals surface area contributed by atoms with Gasteiger partial charge in [-0.3, -0.25) is 15.2 Å². The molecule has 0 aliphatic heterocycles. The molecule has 0 radical (unpaired) electrons. The van der Waals surface area contributed by atoms with E-state index in [-0.39, 0.29) is 11.3 Å². The van der Waals surface area contributed by atoms with Gasteiger partial charge in [0, 0.05) is 6.42 Å². The summed E-state index contributed by atoms with van der Waals surface area (Å²) in [5.41, 5.74) is -0.0184. The lowest BCUT2D eigenvalue weighted by atomic mass is 9.92. The fourth-order valence-corrected chi connectivity index (χ4v) is 1.05. The lowest BCUT2D eigenvalue weighted by molar-refractivity contribution is -0.117. The summed E-state index contributed by atoms with van der Waals surface area (Å²) in [6.07, 6.45) is 0.459. The second-order valence-electron chi connectivity index (χ2n) is 4.53. The predicted molar refractivity (Wildman–Crippen MR) is 53.8 cm³/mol. The number of carbonyl (C=O) groups excluding carboxylic acids is 1. The van der Waals surface area contributed by atoms with Crippen molar-refractivity contribution in [2.24, 2.45) is 5.41 Å². The first-order chi connectivity index (χ1) is 6.37. The Kier molecular flexibility index (Phi) is 2.88. The lowest BCUT2D eigenvalue weighted by Gasteiger charge is -2.16. The van der Waals surface area contributed by atoms with E-state index >= 15 is 0 Å². The zero-order valence-electron chi connectivity index (χ0n) is 9.01. The number of hydrogen-bond donors (Lipinski definition) is 2. The fourth-order valence-electron chi connectivity index (χ4n) is 1.05. The Labute approximate surface area is 83.3 Å². The summed E-state index contributed by atoms with van der Waals surface area (Å²) in [4.78, 5) is 15.4. The van der Waals surface area contributed by atoms with Crippen LogP contribution in [0.1, 0.15) is 33.0 Å². The number of H-pyrrole nitrogens is 1. The van der Waals surface area contributed by atoms with E-state index in [1.807, 2.05) is 20.8 Å². The molecular formula is C9H16N4O. The third kappa shape index (κ3) is 3.55. The highest BCUT2D eigenvalue weighted by molar-refractivity contribution is 5.89. The predicted octanol–water partition coefficient (Wildman–Crippen LogP) is 1.49. The van der Waals surface area contributed by atoms with Crippen molar-refractivity contribution in [3.05, 3.63) is 5.82 Å². The van der Waals surface area contributed by atoms with Gasteiger partial charge in [0.15, 0.2) is 0 Å². The Morgan fingerprint density at radius 2 is 2.14 bits per heavy atom. The second-order valence-corrected chi connectivity index (χ2v) is 4.53. The third-order valence-electron chi connectivity index (χ3n) is 1.54. The van der Waals surface area contributed by atoms with Crippen LogP contribution in [0, 0.1) is 12.3 Å². The number of anilines is 1. The van der Waals surface area contributed by atoms with Crippen molar-refractivity contribution in [1.82, 2.24) is 15.2 Å². The molecule has 1 aromatic rings. The Bertz CT molecular complexity index is 324. The summed E-state index contributed by atoms with van der Waals surface area (Å²) in [7, 11) is 0. The molecule has 5 nitrogen and oxygen atoms in total. The van der Waals surface area contributed by atoms with Crippen molar-refractivity contribution < 1.29 is 4.79 Å². The molecule has 0 unspecified atom stereocenters. The number of aromatic nitrogens is 3. The van der Waals surface area contributed by atoms with E-state index in [1.54, 1.807) is 6.92 Å². The summed E-state index contributed by atoms with van der Waals surface area (Å²) in [6, 6.07) is 0. The van der Waals surface area contributed by atoms with Gasteiger partial charge in [0.2, 0.25) is 11.9 Å². The van der Waals surface area contributed by atoms with Crippen LogP contribution in [-0.2, 0) is 4.79 Å². The summed E-state index contributed by atoms with van der Waals surface area (Å²) >= 11 is 0. The molecule has 0 saturated heterocycles. The molecule has 1 heterocycles. The average Bonchev–Trinajstić information content (AvgIpc) is 2.30. The van der Waals surface area contributed by atoms with Crippen molar-refractivity contribution in [3.63, 3.8) is 0 Å². The first-order valence-electron chi connectivity index (χ1n) is 4.56. The molecule has 0 aliphatic carbocycles. The molecule has 2 N–H and O–H groups in total. The fraction of sp³-hybridized carbons (Fsp3) is 0.667. The molecule has 0 spiro atoms. The number of rotatable bonds is 2. The highest BCUT2D eigenvalue weighted by Crippen LogP contribution is 2.18. The summed E-state index contributed by atoms with van der Waals surface area (Å²) in [6.45, 7) is 7.81. The van der Waals surface area contributed by atoms with Crippen molar-refractivity contribution in [2.45, 2.75) is 34.1 Å². The maximum absolute atomic E-state index is 11.4. The number of amides is 1. The molecule has 5 heteroatoms. The molecule has 1 rings (SSSR count). The smallest absolute Gasteiger partial charge is 0.248 e. The Morgan fingerprint density at radius 1 is 1.50 bits per heavy atom. The van der Waals surface area contributed by atoms with E-state index in [0.29, 0.717) is 18.2 Å². The van der Waals surface area contributed by atoms with Crippen LogP contribution >= 0.6 is 0 Å². The van der Waals surface area contributed by atoms with Gasteiger partial charge in [0.05, 0.1) is 0 Å². The van der Waals surface area contributed by atoms with Gasteiger partial charge in [-0.2, -0.15) is 4.98 Å². The third-order valence-corrected chi connectivity index (χ3v) is 1.54. The van der Waals surface area contributed by atoms with Crippen LogP contribution in [0.5, 0.6) is 0 Å². The van der Waals surface area contributed by atoms with Gasteiger partial charge in [-0.25, -0.2) is 0 Å². The first-order valence-corrected chi connectivity index (χ1v) is 4.56. The number of nitrogens with one attached hydrogen (secondary N) is 2. The molecule has 1 aromatic heterocycles. The van der Waals surface area contributed by atoms with E-state index in [0.717, 1.165) is 0 Å². The molecule has 0 aromatic carbocycles. The largest absolute Gasteiger partial charge is 0.293 e. The van der Waals surface area contributed by atoms with Crippen molar-refractivity contribution in [3.8, 4) is 0 Å². The van der Waals surface area contributed by atoms with Gasteiger partial charge in [-0.15, -0.1) is 5.10 Å². The van der Waals surface area contributed by atoms with E-state index in [4.69, 9.17) is 0 Å². The maximum Gasteiger partial charge on any atom is 0.248 e. The Balaban J connectivity index is 2.50. The van der Waals surface area contributed by atoms with Crippen molar-refractivity contribution in [1.29, 1.82) is 0 Å². The second kappa shape index (κ2) is 3.77. The van der Waals surface area contributed by atoms with E-state index in [9.17, 15) is 4.79 Å². The Morgan fingerprint density at radius 3 is 2.57 bits per heavy atom. The van der Waals surface area contributed by atoms with Crippen molar-refractivity contribution in [2.75, 3.05) is 5.32 Å². The van der Waals surface area contributed by atoms with Crippen LogP contribution in [-0.4, -0.2) is 21.1 Å². The van der Waals surface area contributed by atoms with Crippen LogP contribution in [0.15, 0.2) is 0 Å². The number of hydrogen-bond acceptors (Lipinski definition) is 3. The SMILES string of the molecule is Cc1nc(NC(=O)CC(C)(C)C)n[nH]1. The molecule has 1 amide bonds. The first kappa shape index (κ1) is 10.7. The van der Waals surface area contributed by atoms with Gasteiger partial charge in [0.25, 0.3) is 0 Å². The highest BCUT2D eigenvalue weighted by atomic mass is 16.1. The zero-order chi connectivity index (χ0) is 10.8. The van der Waals surface area contributed by atoms with Gasteiger partial charge >= 0.3 is 0 Å². The van der Waals surface area contributed by atoms with Gasteiger partial charge in [-0.1, -0.05) is 20.8 Å².